The zero-order valence-corrected chi connectivity index (χ0v) is 11.2. The SMILES string of the molecule is CC1CCN(c2cncc(Br)c2)C(CN)C1. The molecule has 0 amide bonds. The van der Waals surface area contributed by atoms with Gasteiger partial charge in [0.25, 0.3) is 0 Å². The fourth-order valence-corrected chi connectivity index (χ4v) is 2.73. The first-order chi connectivity index (χ1) is 7.70. The van der Waals surface area contributed by atoms with E-state index in [2.05, 4.69) is 38.8 Å². The fraction of sp³-hybridized carbons (Fsp3) is 0.583. The summed E-state index contributed by atoms with van der Waals surface area (Å²) >= 11 is 3.46. The predicted molar refractivity (Wildman–Crippen MR) is 70.5 cm³/mol. The van der Waals surface area contributed by atoms with Crippen molar-refractivity contribution in [3.8, 4) is 0 Å². The standard InChI is InChI=1S/C12H18BrN3/c1-9-2-3-16(11(4-9)6-14)12-5-10(13)7-15-8-12/h5,7-9,11H,2-4,6,14H2,1H3. The molecule has 1 saturated heterocycles. The van der Waals surface area contributed by atoms with Crippen molar-refractivity contribution in [3.63, 3.8) is 0 Å². The van der Waals surface area contributed by atoms with Crippen LogP contribution in [0.3, 0.4) is 0 Å². The van der Waals surface area contributed by atoms with Crippen LogP contribution in [0.2, 0.25) is 0 Å². The molecule has 0 bridgehead atoms. The summed E-state index contributed by atoms with van der Waals surface area (Å²) in [5.74, 6) is 0.782. The average Bonchev–Trinajstić information content (AvgIpc) is 2.28. The van der Waals surface area contributed by atoms with Crippen LogP contribution >= 0.6 is 15.9 Å². The highest BCUT2D eigenvalue weighted by atomic mass is 79.9. The van der Waals surface area contributed by atoms with Gasteiger partial charge in [-0.25, -0.2) is 0 Å². The van der Waals surface area contributed by atoms with Gasteiger partial charge in [0.15, 0.2) is 0 Å². The van der Waals surface area contributed by atoms with Gasteiger partial charge in [0, 0.05) is 29.8 Å². The van der Waals surface area contributed by atoms with E-state index in [0.717, 1.165) is 23.5 Å². The topological polar surface area (TPSA) is 42.2 Å². The summed E-state index contributed by atoms with van der Waals surface area (Å²) in [6.45, 7) is 4.11. The fourth-order valence-electron chi connectivity index (χ4n) is 2.37. The number of piperidine rings is 1. The van der Waals surface area contributed by atoms with Crippen molar-refractivity contribution >= 4 is 21.6 Å². The molecule has 0 spiro atoms. The van der Waals surface area contributed by atoms with Gasteiger partial charge >= 0.3 is 0 Å². The van der Waals surface area contributed by atoms with Crippen LogP contribution in [0.15, 0.2) is 22.9 Å². The number of rotatable bonds is 2. The molecule has 2 rings (SSSR count). The molecule has 1 aromatic heterocycles. The average molecular weight is 284 g/mol. The molecule has 2 atom stereocenters. The molecule has 88 valence electrons. The van der Waals surface area contributed by atoms with E-state index >= 15 is 0 Å². The van der Waals surface area contributed by atoms with Crippen molar-refractivity contribution in [3.05, 3.63) is 22.9 Å². The Kier molecular flexibility index (Phi) is 3.82. The maximum absolute atomic E-state index is 5.86. The Balaban J connectivity index is 2.19. The molecule has 1 fully saturated rings. The maximum Gasteiger partial charge on any atom is 0.0567 e. The second-order valence-electron chi connectivity index (χ2n) is 4.57. The van der Waals surface area contributed by atoms with E-state index in [4.69, 9.17) is 5.73 Å². The summed E-state index contributed by atoms with van der Waals surface area (Å²) < 4.78 is 1.03. The van der Waals surface area contributed by atoms with Crippen LogP contribution in [-0.2, 0) is 0 Å². The van der Waals surface area contributed by atoms with Crippen LogP contribution in [0.25, 0.3) is 0 Å². The number of nitrogens with two attached hydrogens (primary N) is 1. The number of halogens is 1. The highest BCUT2D eigenvalue weighted by molar-refractivity contribution is 9.10. The van der Waals surface area contributed by atoms with E-state index < -0.39 is 0 Å². The van der Waals surface area contributed by atoms with Crippen molar-refractivity contribution < 1.29 is 0 Å². The molecule has 2 heterocycles. The number of anilines is 1. The van der Waals surface area contributed by atoms with Crippen LogP contribution in [0.5, 0.6) is 0 Å². The zero-order chi connectivity index (χ0) is 11.5. The van der Waals surface area contributed by atoms with Crippen LogP contribution < -0.4 is 10.6 Å². The number of hydrogen-bond acceptors (Lipinski definition) is 3. The van der Waals surface area contributed by atoms with Gasteiger partial charge in [0.1, 0.15) is 0 Å². The van der Waals surface area contributed by atoms with Gasteiger partial charge in [0.2, 0.25) is 0 Å². The normalized spacial score (nSPS) is 25.8. The molecule has 4 heteroatoms. The predicted octanol–water partition coefficient (Wildman–Crippen LogP) is 2.41. The Morgan fingerprint density at radius 2 is 2.38 bits per heavy atom. The molecule has 1 aliphatic rings. The second-order valence-corrected chi connectivity index (χ2v) is 5.49. The Hall–Kier alpha value is -0.610. The molecular weight excluding hydrogens is 266 g/mol. The third kappa shape index (κ3) is 2.55. The monoisotopic (exact) mass is 283 g/mol. The summed E-state index contributed by atoms with van der Waals surface area (Å²) in [6, 6.07) is 2.57. The minimum absolute atomic E-state index is 0.458. The minimum atomic E-state index is 0.458. The highest BCUT2D eigenvalue weighted by Crippen LogP contribution is 2.28. The Labute approximate surface area is 105 Å². The third-order valence-electron chi connectivity index (χ3n) is 3.27. The van der Waals surface area contributed by atoms with E-state index in [-0.39, 0.29) is 0 Å². The van der Waals surface area contributed by atoms with Gasteiger partial charge in [-0.05, 0) is 40.8 Å². The largest absolute Gasteiger partial charge is 0.366 e. The first kappa shape index (κ1) is 11.9. The van der Waals surface area contributed by atoms with Crippen LogP contribution in [0, 0.1) is 5.92 Å². The first-order valence-electron chi connectivity index (χ1n) is 5.78. The Bertz CT molecular complexity index is 356. The van der Waals surface area contributed by atoms with Crippen molar-refractivity contribution in [2.24, 2.45) is 11.7 Å². The summed E-state index contributed by atoms with van der Waals surface area (Å²) in [7, 11) is 0. The number of pyridine rings is 1. The molecule has 2 unspecified atom stereocenters. The first-order valence-corrected chi connectivity index (χ1v) is 6.57. The Morgan fingerprint density at radius 3 is 3.06 bits per heavy atom. The van der Waals surface area contributed by atoms with Gasteiger partial charge in [-0.2, -0.15) is 0 Å². The molecule has 0 radical (unpaired) electrons. The summed E-state index contributed by atoms with van der Waals surface area (Å²) in [5.41, 5.74) is 7.03. The van der Waals surface area contributed by atoms with Crippen LogP contribution in [0.1, 0.15) is 19.8 Å². The molecule has 3 nitrogen and oxygen atoms in total. The van der Waals surface area contributed by atoms with Crippen molar-refractivity contribution in [1.82, 2.24) is 4.98 Å². The number of nitrogens with zero attached hydrogens (tertiary/aromatic N) is 2. The smallest absolute Gasteiger partial charge is 0.0567 e. The van der Waals surface area contributed by atoms with Crippen LogP contribution in [-0.4, -0.2) is 24.1 Å². The van der Waals surface area contributed by atoms with Crippen molar-refractivity contribution in [2.45, 2.75) is 25.8 Å². The van der Waals surface area contributed by atoms with Gasteiger partial charge in [-0.1, -0.05) is 6.92 Å². The van der Waals surface area contributed by atoms with E-state index in [9.17, 15) is 0 Å². The molecule has 16 heavy (non-hydrogen) atoms. The lowest BCUT2D eigenvalue weighted by atomic mass is 9.92. The van der Waals surface area contributed by atoms with Gasteiger partial charge in [0.05, 0.1) is 11.9 Å². The van der Waals surface area contributed by atoms with Crippen molar-refractivity contribution in [2.75, 3.05) is 18.0 Å². The molecule has 0 saturated carbocycles. The molecule has 1 aliphatic heterocycles. The summed E-state index contributed by atoms with van der Waals surface area (Å²) in [5, 5.41) is 0. The van der Waals surface area contributed by atoms with E-state index in [1.165, 1.54) is 18.5 Å². The lowest BCUT2D eigenvalue weighted by Crippen LogP contribution is -2.46. The van der Waals surface area contributed by atoms with Crippen LogP contribution in [0.4, 0.5) is 5.69 Å². The molecule has 2 N–H and O–H groups in total. The molecule has 0 aliphatic carbocycles. The molecular formula is C12H18BrN3. The van der Waals surface area contributed by atoms with Gasteiger partial charge in [-0.3, -0.25) is 4.98 Å². The zero-order valence-electron chi connectivity index (χ0n) is 9.56. The summed E-state index contributed by atoms with van der Waals surface area (Å²) in [6.07, 6.45) is 6.16. The lowest BCUT2D eigenvalue weighted by molar-refractivity contribution is 0.366. The number of aromatic nitrogens is 1. The van der Waals surface area contributed by atoms with E-state index in [0.29, 0.717) is 6.04 Å². The minimum Gasteiger partial charge on any atom is -0.366 e. The van der Waals surface area contributed by atoms with Gasteiger partial charge < -0.3 is 10.6 Å². The molecule has 0 aromatic carbocycles. The van der Waals surface area contributed by atoms with E-state index in [1.807, 2.05) is 12.4 Å². The Morgan fingerprint density at radius 1 is 1.56 bits per heavy atom. The second kappa shape index (κ2) is 5.15. The highest BCUT2D eigenvalue weighted by Gasteiger charge is 2.25. The number of hydrogen-bond donors (Lipinski definition) is 1. The quantitative estimate of drug-likeness (QED) is 0.906. The van der Waals surface area contributed by atoms with Gasteiger partial charge in [-0.15, -0.1) is 0 Å². The lowest BCUT2D eigenvalue weighted by Gasteiger charge is -2.39. The summed E-state index contributed by atoms with van der Waals surface area (Å²) in [4.78, 5) is 6.60. The maximum atomic E-state index is 5.86. The van der Waals surface area contributed by atoms with E-state index in [1.54, 1.807) is 0 Å². The van der Waals surface area contributed by atoms with Crippen molar-refractivity contribution in [1.29, 1.82) is 0 Å². The molecule has 1 aromatic rings. The third-order valence-corrected chi connectivity index (χ3v) is 3.71.